The van der Waals surface area contributed by atoms with Gasteiger partial charge >= 0.3 is 0 Å². The van der Waals surface area contributed by atoms with E-state index < -0.39 is 0 Å². The molecule has 0 heterocycles. The second-order valence-corrected chi connectivity index (χ2v) is 3.42. The molecule has 0 radical (unpaired) electrons. The van der Waals surface area contributed by atoms with Crippen LogP contribution >= 0.6 is 0 Å². The number of rotatable bonds is 6. The van der Waals surface area contributed by atoms with Gasteiger partial charge in [0, 0.05) is 5.56 Å². The average Bonchev–Trinajstić information content (AvgIpc) is 2.30. The van der Waals surface area contributed by atoms with Crippen molar-refractivity contribution in [2.45, 2.75) is 13.3 Å². The highest BCUT2D eigenvalue weighted by atomic mass is 16.5. The second-order valence-electron chi connectivity index (χ2n) is 3.42. The number of methoxy groups -OCH3 is 1. The fourth-order valence-corrected chi connectivity index (χ4v) is 1.65. The summed E-state index contributed by atoms with van der Waals surface area (Å²) in [4.78, 5) is 0. The molecule has 1 rings (SSSR count). The van der Waals surface area contributed by atoms with Crippen LogP contribution in [0.1, 0.15) is 18.1 Å². The molecule has 0 aliphatic heterocycles. The minimum Gasteiger partial charge on any atom is -0.493 e. The smallest absolute Gasteiger partial charge is 0.164 e. The molecule has 17 heavy (non-hydrogen) atoms. The maximum absolute atomic E-state index is 5.54. The normalized spacial score (nSPS) is 10.5. The molecule has 0 aromatic heterocycles. The topological polar surface area (TPSA) is 56.8 Å². The highest BCUT2D eigenvalue weighted by Gasteiger charge is 2.11. The third-order valence-electron chi connectivity index (χ3n) is 2.25. The van der Waals surface area contributed by atoms with E-state index in [-0.39, 0.29) is 0 Å². The van der Waals surface area contributed by atoms with Gasteiger partial charge in [0.15, 0.2) is 11.5 Å². The Kier molecular flexibility index (Phi) is 5.07. The van der Waals surface area contributed by atoms with Gasteiger partial charge in [-0.15, -0.1) is 6.58 Å². The lowest BCUT2D eigenvalue weighted by Gasteiger charge is -2.14. The monoisotopic (exact) mass is 234 g/mol. The van der Waals surface area contributed by atoms with Gasteiger partial charge in [0.25, 0.3) is 0 Å². The molecule has 0 fully saturated rings. The number of hydrogen-bond donors (Lipinski definition) is 1. The number of benzene rings is 1. The van der Waals surface area contributed by atoms with Gasteiger partial charge in [-0.1, -0.05) is 6.08 Å². The standard InChI is InChI=1S/C13H18N2O2/c1-4-6-11-7-10(9-15-14)8-12(17-5-2)13(11)16-3/h4,7-9H,1,5-6,14H2,2-3H3. The van der Waals surface area contributed by atoms with Crippen molar-refractivity contribution in [2.24, 2.45) is 10.9 Å². The van der Waals surface area contributed by atoms with Crippen LogP contribution in [0.4, 0.5) is 0 Å². The molecule has 2 N–H and O–H groups in total. The molecule has 0 aliphatic carbocycles. The largest absolute Gasteiger partial charge is 0.493 e. The van der Waals surface area contributed by atoms with E-state index in [1.165, 1.54) is 0 Å². The van der Waals surface area contributed by atoms with E-state index in [0.717, 1.165) is 16.9 Å². The van der Waals surface area contributed by atoms with Gasteiger partial charge in [0.2, 0.25) is 0 Å². The van der Waals surface area contributed by atoms with Crippen LogP contribution in [0.2, 0.25) is 0 Å². The van der Waals surface area contributed by atoms with E-state index in [0.29, 0.717) is 18.8 Å². The Hall–Kier alpha value is -1.97. The number of ether oxygens (including phenoxy) is 2. The average molecular weight is 234 g/mol. The number of allylic oxidation sites excluding steroid dienone is 1. The lowest BCUT2D eigenvalue weighted by atomic mass is 10.1. The highest BCUT2D eigenvalue weighted by Crippen LogP contribution is 2.33. The van der Waals surface area contributed by atoms with E-state index in [9.17, 15) is 0 Å². The van der Waals surface area contributed by atoms with Crippen molar-refractivity contribution >= 4 is 6.21 Å². The first-order valence-corrected chi connectivity index (χ1v) is 5.44. The predicted molar refractivity (Wildman–Crippen MR) is 69.8 cm³/mol. The molecular formula is C13H18N2O2. The molecule has 0 spiro atoms. The third-order valence-corrected chi connectivity index (χ3v) is 2.25. The molecule has 0 amide bonds. The molecule has 0 bridgehead atoms. The zero-order chi connectivity index (χ0) is 12.7. The Morgan fingerprint density at radius 2 is 2.24 bits per heavy atom. The van der Waals surface area contributed by atoms with Gasteiger partial charge in [-0.25, -0.2) is 0 Å². The van der Waals surface area contributed by atoms with Gasteiger partial charge in [0.1, 0.15) is 0 Å². The van der Waals surface area contributed by atoms with Crippen molar-refractivity contribution in [3.05, 3.63) is 35.9 Å². The first kappa shape index (κ1) is 13.1. The first-order chi connectivity index (χ1) is 8.26. The Bertz CT molecular complexity index is 414. The maximum atomic E-state index is 5.54. The van der Waals surface area contributed by atoms with Gasteiger partial charge in [-0.05, 0) is 31.0 Å². The fraction of sp³-hybridized carbons (Fsp3) is 0.308. The summed E-state index contributed by atoms with van der Waals surface area (Å²) in [7, 11) is 1.63. The molecule has 1 aromatic rings. The summed E-state index contributed by atoms with van der Waals surface area (Å²) in [5, 5.41) is 3.52. The minimum absolute atomic E-state index is 0.576. The van der Waals surface area contributed by atoms with Crippen LogP contribution in [-0.2, 0) is 6.42 Å². The molecule has 0 aliphatic rings. The van der Waals surface area contributed by atoms with Gasteiger partial charge in [0.05, 0.1) is 19.9 Å². The Labute approximate surface area is 102 Å². The molecule has 0 saturated carbocycles. The van der Waals surface area contributed by atoms with Gasteiger partial charge < -0.3 is 15.3 Å². The predicted octanol–water partition coefficient (Wildman–Crippen LogP) is 2.12. The Morgan fingerprint density at radius 1 is 1.47 bits per heavy atom. The Morgan fingerprint density at radius 3 is 2.76 bits per heavy atom. The lowest BCUT2D eigenvalue weighted by Crippen LogP contribution is -2.01. The summed E-state index contributed by atoms with van der Waals surface area (Å²) in [6.45, 7) is 6.23. The van der Waals surface area contributed by atoms with Crippen LogP contribution in [0.25, 0.3) is 0 Å². The molecule has 0 unspecified atom stereocenters. The summed E-state index contributed by atoms with van der Waals surface area (Å²) in [6.07, 6.45) is 4.10. The summed E-state index contributed by atoms with van der Waals surface area (Å²) in [6, 6.07) is 3.81. The fourth-order valence-electron chi connectivity index (χ4n) is 1.65. The van der Waals surface area contributed by atoms with E-state index in [1.807, 2.05) is 25.1 Å². The number of nitrogens with zero attached hydrogens (tertiary/aromatic N) is 1. The van der Waals surface area contributed by atoms with Gasteiger partial charge in [-0.3, -0.25) is 0 Å². The third kappa shape index (κ3) is 3.24. The zero-order valence-corrected chi connectivity index (χ0v) is 10.3. The summed E-state index contributed by atoms with van der Waals surface area (Å²) in [5.74, 6) is 6.59. The van der Waals surface area contributed by atoms with Crippen molar-refractivity contribution in [2.75, 3.05) is 13.7 Å². The molecular weight excluding hydrogens is 216 g/mol. The quantitative estimate of drug-likeness (QED) is 0.355. The van der Waals surface area contributed by atoms with Crippen molar-refractivity contribution in [3.8, 4) is 11.5 Å². The van der Waals surface area contributed by atoms with E-state index >= 15 is 0 Å². The SMILES string of the molecule is C=CCc1cc(C=NN)cc(OCC)c1OC. The van der Waals surface area contributed by atoms with Crippen LogP contribution in [0.15, 0.2) is 29.9 Å². The molecule has 92 valence electrons. The summed E-state index contributed by atoms with van der Waals surface area (Å²) < 4.78 is 10.9. The maximum Gasteiger partial charge on any atom is 0.164 e. The summed E-state index contributed by atoms with van der Waals surface area (Å²) >= 11 is 0. The van der Waals surface area contributed by atoms with E-state index in [4.69, 9.17) is 15.3 Å². The van der Waals surface area contributed by atoms with Gasteiger partial charge in [-0.2, -0.15) is 5.10 Å². The second kappa shape index (κ2) is 6.58. The highest BCUT2D eigenvalue weighted by molar-refractivity contribution is 5.81. The van der Waals surface area contributed by atoms with E-state index in [2.05, 4.69) is 11.7 Å². The molecule has 4 nitrogen and oxygen atoms in total. The van der Waals surface area contributed by atoms with Crippen LogP contribution in [0.5, 0.6) is 11.5 Å². The van der Waals surface area contributed by atoms with Crippen LogP contribution < -0.4 is 15.3 Å². The van der Waals surface area contributed by atoms with E-state index in [1.54, 1.807) is 13.3 Å². The van der Waals surface area contributed by atoms with Crippen molar-refractivity contribution < 1.29 is 9.47 Å². The molecule has 0 saturated heterocycles. The Balaban J connectivity index is 3.28. The number of hydrazone groups is 1. The molecule has 4 heteroatoms. The van der Waals surface area contributed by atoms with Crippen molar-refractivity contribution in [1.82, 2.24) is 0 Å². The molecule has 1 aromatic carbocycles. The van der Waals surface area contributed by atoms with Crippen molar-refractivity contribution in [3.63, 3.8) is 0 Å². The molecule has 0 atom stereocenters. The minimum atomic E-state index is 0.576. The first-order valence-electron chi connectivity index (χ1n) is 5.44. The van der Waals surface area contributed by atoms with Crippen molar-refractivity contribution in [1.29, 1.82) is 0 Å². The summed E-state index contributed by atoms with van der Waals surface area (Å²) in [5.41, 5.74) is 1.89. The zero-order valence-electron chi connectivity index (χ0n) is 10.3. The number of hydrogen-bond acceptors (Lipinski definition) is 4. The lowest BCUT2D eigenvalue weighted by molar-refractivity contribution is 0.309. The van der Waals surface area contributed by atoms with Crippen LogP contribution in [0, 0.1) is 0 Å². The number of nitrogens with two attached hydrogens (primary N) is 1. The van der Waals surface area contributed by atoms with Crippen LogP contribution in [-0.4, -0.2) is 19.9 Å². The van der Waals surface area contributed by atoms with Crippen LogP contribution in [0.3, 0.4) is 0 Å².